The highest BCUT2D eigenvalue weighted by Crippen LogP contribution is 2.21. The van der Waals surface area contributed by atoms with Crippen LogP contribution in [0.25, 0.3) is 10.8 Å². The van der Waals surface area contributed by atoms with E-state index in [4.69, 9.17) is 0 Å². The normalized spacial score (nSPS) is 11.6. The minimum atomic E-state index is -3.79. The molecule has 0 aromatic heterocycles. The Morgan fingerprint density at radius 1 is 0.960 bits per heavy atom. The van der Waals surface area contributed by atoms with Crippen molar-refractivity contribution in [2.24, 2.45) is 0 Å². The predicted octanol–water partition coefficient (Wildman–Crippen LogP) is 3.52. The van der Waals surface area contributed by atoms with Crippen molar-refractivity contribution in [3.05, 3.63) is 72.0 Å². The Hall–Kier alpha value is -2.44. The second-order valence-electron chi connectivity index (χ2n) is 6.01. The van der Waals surface area contributed by atoms with Crippen LogP contribution in [0.2, 0.25) is 0 Å². The summed E-state index contributed by atoms with van der Waals surface area (Å²) in [6, 6.07) is 17.5. The molecule has 6 heteroatoms. The zero-order valence-corrected chi connectivity index (χ0v) is 14.8. The van der Waals surface area contributed by atoms with E-state index in [9.17, 15) is 12.8 Å². The molecule has 0 bridgehead atoms. The highest BCUT2D eigenvalue weighted by molar-refractivity contribution is 7.89. The largest absolute Gasteiger partial charge is 0.375 e. The van der Waals surface area contributed by atoms with Gasteiger partial charge in [-0.2, -0.15) is 0 Å². The van der Waals surface area contributed by atoms with Gasteiger partial charge in [0.2, 0.25) is 10.0 Å². The van der Waals surface area contributed by atoms with Gasteiger partial charge in [-0.25, -0.2) is 17.5 Å². The molecule has 0 radical (unpaired) electrons. The van der Waals surface area contributed by atoms with Crippen LogP contribution in [0, 0.1) is 5.82 Å². The van der Waals surface area contributed by atoms with E-state index in [2.05, 4.69) is 4.72 Å². The summed E-state index contributed by atoms with van der Waals surface area (Å²) >= 11 is 0. The van der Waals surface area contributed by atoms with Gasteiger partial charge in [0, 0.05) is 20.6 Å². The molecule has 0 saturated heterocycles. The first-order valence-corrected chi connectivity index (χ1v) is 9.29. The molecule has 0 aliphatic heterocycles. The van der Waals surface area contributed by atoms with Crippen molar-refractivity contribution in [3.63, 3.8) is 0 Å². The van der Waals surface area contributed by atoms with Gasteiger partial charge in [-0.1, -0.05) is 36.4 Å². The quantitative estimate of drug-likeness (QED) is 0.759. The van der Waals surface area contributed by atoms with Gasteiger partial charge in [0.1, 0.15) is 5.82 Å². The van der Waals surface area contributed by atoms with Crippen LogP contribution in [0.4, 0.5) is 10.1 Å². The maximum Gasteiger partial charge on any atom is 0.240 e. The lowest BCUT2D eigenvalue weighted by Crippen LogP contribution is -2.23. The average molecular weight is 358 g/mol. The smallest absolute Gasteiger partial charge is 0.240 e. The molecule has 0 unspecified atom stereocenters. The summed E-state index contributed by atoms with van der Waals surface area (Å²) in [5.41, 5.74) is 1.18. The van der Waals surface area contributed by atoms with Gasteiger partial charge >= 0.3 is 0 Å². The Morgan fingerprint density at radius 3 is 2.36 bits per heavy atom. The molecule has 0 spiro atoms. The van der Waals surface area contributed by atoms with Gasteiger partial charge in [0.05, 0.1) is 10.6 Å². The van der Waals surface area contributed by atoms with Crippen molar-refractivity contribution in [3.8, 4) is 0 Å². The van der Waals surface area contributed by atoms with Gasteiger partial charge < -0.3 is 4.90 Å². The fraction of sp³-hybridized carbons (Fsp3) is 0.158. The van der Waals surface area contributed by atoms with Gasteiger partial charge in [-0.3, -0.25) is 0 Å². The van der Waals surface area contributed by atoms with E-state index in [0.717, 1.165) is 22.4 Å². The summed E-state index contributed by atoms with van der Waals surface area (Å²) in [5.74, 6) is -0.571. The van der Waals surface area contributed by atoms with Crippen LogP contribution in [0.5, 0.6) is 0 Å². The molecule has 0 amide bonds. The molecule has 25 heavy (non-hydrogen) atoms. The average Bonchev–Trinajstić information content (AvgIpc) is 2.59. The molecule has 4 nitrogen and oxygen atoms in total. The highest BCUT2D eigenvalue weighted by Gasteiger charge is 2.16. The maximum absolute atomic E-state index is 14.0. The van der Waals surface area contributed by atoms with Crippen LogP contribution in [0.15, 0.2) is 65.6 Å². The molecule has 0 aliphatic carbocycles. The first-order chi connectivity index (χ1) is 11.9. The second-order valence-corrected chi connectivity index (χ2v) is 7.78. The lowest BCUT2D eigenvalue weighted by molar-refractivity contribution is 0.577. The minimum absolute atomic E-state index is 0.0867. The third kappa shape index (κ3) is 3.81. The van der Waals surface area contributed by atoms with Gasteiger partial charge in [-0.05, 0) is 40.6 Å². The zero-order chi connectivity index (χ0) is 18.0. The molecule has 130 valence electrons. The Labute approximate surface area is 147 Å². The highest BCUT2D eigenvalue weighted by atomic mass is 32.2. The maximum atomic E-state index is 14.0. The second kappa shape index (κ2) is 6.82. The lowest BCUT2D eigenvalue weighted by Gasteiger charge is -2.14. The number of anilines is 1. The van der Waals surface area contributed by atoms with E-state index in [1.165, 1.54) is 12.1 Å². The molecule has 0 fully saturated rings. The third-order valence-electron chi connectivity index (χ3n) is 3.99. The topological polar surface area (TPSA) is 49.4 Å². The van der Waals surface area contributed by atoms with Gasteiger partial charge in [-0.15, -0.1) is 0 Å². The molecule has 0 aliphatic rings. The Bertz CT molecular complexity index is 1020. The van der Waals surface area contributed by atoms with Crippen molar-refractivity contribution >= 4 is 26.5 Å². The molecule has 3 aromatic rings. The third-order valence-corrected chi connectivity index (χ3v) is 5.39. The Kier molecular flexibility index (Phi) is 4.74. The molecule has 0 atom stereocenters. The lowest BCUT2D eigenvalue weighted by atomic mass is 10.1. The van der Waals surface area contributed by atoms with Gasteiger partial charge in [0.15, 0.2) is 0 Å². The number of nitrogens with one attached hydrogen (secondary N) is 1. The fourth-order valence-electron chi connectivity index (χ4n) is 2.63. The van der Waals surface area contributed by atoms with E-state index < -0.39 is 15.8 Å². The van der Waals surface area contributed by atoms with E-state index in [-0.39, 0.29) is 11.4 Å². The molecular formula is C19H19FN2O2S. The van der Waals surface area contributed by atoms with Crippen molar-refractivity contribution in [2.45, 2.75) is 11.4 Å². The van der Waals surface area contributed by atoms with Crippen LogP contribution in [-0.4, -0.2) is 22.5 Å². The molecule has 0 heterocycles. The minimum Gasteiger partial charge on any atom is -0.375 e. The first kappa shape index (κ1) is 17.4. The summed E-state index contributed by atoms with van der Waals surface area (Å²) < 4.78 is 41.4. The summed E-state index contributed by atoms with van der Waals surface area (Å²) in [5, 5.41) is 2.14. The zero-order valence-electron chi connectivity index (χ0n) is 14.0. The summed E-state index contributed by atoms with van der Waals surface area (Å²) in [7, 11) is -0.387. The summed E-state index contributed by atoms with van der Waals surface area (Å²) in [6.07, 6.45) is 0. The standard InChI is InChI=1S/C19H19FN2O2S/c1-22(2)19-10-9-17(12-18(19)20)25(23,24)21-13-14-7-8-15-5-3-4-6-16(15)11-14/h3-12,21H,13H2,1-2H3. The van der Waals surface area contributed by atoms with E-state index in [1.54, 1.807) is 19.0 Å². The van der Waals surface area contributed by atoms with Crippen molar-refractivity contribution in [1.82, 2.24) is 4.72 Å². The monoisotopic (exact) mass is 358 g/mol. The van der Waals surface area contributed by atoms with Crippen LogP contribution < -0.4 is 9.62 Å². The molecule has 3 rings (SSSR count). The number of benzene rings is 3. The van der Waals surface area contributed by atoms with Crippen LogP contribution in [0.1, 0.15) is 5.56 Å². The number of rotatable bonds is 5. The number of hydrogen-bond donors (Lipinski definition) is 1. The summed E-state index contributed by atoms with van der Waals surface area (Å²) in [4.78, 5) is 1.50. The van der Waals surface area contributed by atoms with Crippen molar-refractivity contribution in [1.29, 1.82) is 0 Å². The Balaban J connectivity index is 1.80. The molecule has 0 saturated carbocycles. The Morgan fingerprint density at radius 2 is 1.68 bits per heavy atom. The van der Waals surface area contributed by atoms with Crippen molar-refractivity contribution < 1.29 is 12.8 Å². The van der Waals surface area contributed by atoms with Crippen LogP contribution >= 0.6 is 0 Å². The molecular weight excluding hydrogens is 339 g/mol. The van der Waals surface area contributed by atoms with Gasteiger partial charge in [0.25, 0.3) is 0 Å². The molecule has 1 N–H and O–H groups in total. The van der Waals surface area contributed by atoms with Crippen molar-refractivity contribution in [2.75, 3.05) is 19.0 Å². The summed E-state index contributed by atoms with van der Waals surface area (Å²) in [6.45, 7) is 0.143. The van der Waals surface area contributed by atoms with Crippen LogP contribution in [-0.2, 0) is 16.6 Å². The number of hydrogen-bond acceptors (Lipinski definition) is 3. The predicted molar refractivity (Wildman–Crippen MR) is 98.7 cm³/mol. The van der Waals surface area contributed by atoms with E-state index >= 15 is 0 Å². The first-order valence-electron chi connectivity index (χ1n) is 7.81. The number of halogens is 1. The molecule has 3 aromatic carbocycles. The number of nitrogens with zero attached hydrogens (tertiary/aromatic N) is 1. The van der Waals surface area contributed by atoms with E-state index in [1.807, 2.05) is 42.5 Å². The number of sulfonamides is 1. The SMILES string of the molecule is CN(C)c1ccc(S(=O)(=O)NCc2ccc3ccccc3c2)cc1F. The van der Waals surface area contributed by atoms with Crippen LogP contribution in [0.3, 0.4) is 0 Å². The van der Waals surface area contributed by atoms with E-state index in [0.29, 0.717) is 5.69 Å². The number of fused-ring (bicyclic) bond motifs is 1. The fourth-order valence-corrected chi connectivity index (χ4v) is 3.66.